The molecule has 1 fully saturated rings. The number of hydrogen-bond donors (Lipinski definition) is 2. The quantitative estimate of drug-likeness (QED) is 0.822. The summed E-state index contributed by atoms with van der Waals surface area (Å²) in [7, 11) is 0. The Balaban J connectivity index is 2.01. The first-order valence-corrected chi connectivity index (χ1v) is 7.12. The van der Waals surface area contributed by atoms with Crippen LogP contribution in [0.15, 0.2) is 17.1 Å². The van der Waals surface area contributed by atoms with Gasteiger partial charge in [-0.3, -0.25) is 9.59 Å². The molecule has 4 nitrogen and oxygen atoms in total. The number of rotatable bonds is 2. The maximum absolute atomic E-state index is 12.0. The number of aromatic nitrogens is 1. The molecule has 0 radical (unpaired) electrons. The molecule has 1 amide bonds. The Morgan fingerprint density at radius 1 is 1.39 bits per heavy atom. The van der Waals surface area contributed by atoms with Gasteiger partial charge in [-0.05, 0) is 32.6 Å². The van der Waals surface area contributed by atoms with Crippen molar-refractivity contribution in [3.63, 3.8) is 0 Å². The predicted octanol–water partition coefficient (Wildman–Crippen LogP) is 2.12. The molecule has 0 aliphatic heterocycles. The Morgan fingerprint density at radius 3 is 2.67 bits per heavy atom. The molecule has 0 atom stereocenters. The second-order valence-corrected chi connectivity index (χ2v) is 6.11. The molecular formula is C13H17BrN2O2. The molecule has 0 unspecified atom stereocenters. The standard InChI is InChI=1S/C13H17BrN2O2/c1-8-6-12(17)11(7-15-8)13(18)16-10-4-2-9(14)3-5-10/h6-7,9-10H,2-5H2,1H3,(H,15,17)(H,16,18). The van der Waals surface area contributed by atoms with Crippen molar-refractivity contribution in [3.05, 3.63) is 33.7 Å². The molecule has 0 bridgehead atoms. The van der Waals surface area contributed by atoms with E-state index in [1.165, 1.54) is 12.3 Å². The number of nitrogens with one attached hydrogen (secondary N) is 2. The molecule has 98 valence electrons. The van der Waals surface area contributed by atoms with E-state index in [0.29, 0.717) is 4.83 Å². The van der Waals surface area contributed by atoms with Gasteiger partial charge in [0.25, 0.3) is 5.91 Å². The topological polar surface area (TPSA) is 62.0 Å². The summed E-state index contributed by atoms with van der Waals surface area (Å²) in [6.45, 7) is 1.79. The minimum atomic E-state index is -0.269. The normalized spacial score (nSPS) is 23.7. The van der Waals surface area contributed by atoms with Crippen molar-refractivity contribution in [2.24, 2.45) is 0 Å². The zero-order valence-electron chi connectivity index (χ0n) is 10.3. The molecule has 0 aromatic carbocycles. The highest BCUT2D eigenvalue weighted by molar-refractivity contribution is 9.09. The van der Waals surface area contributed by atoms with E-state index in [2.05, 4.69) is 26.2 Å². The van der Waals surface area contributed by atoms with Crippen molar-refractivity contribution in [1.82, 2.24) is 10.3 Å². The molecular weight excluding hydrogens is 296 g/mol. The van der Waals surface area contributed by atoms with Crippen LogP contribution in [0.1, 0.15) is 41.7 Å². The lowest BCUT2D eigenvalue weighted by Crippen LogP contribution is -2.39. The van der Waals surface area contributed by atoms with E-state index in [-0.39, 0.29) is 22.9 Å². The van der Waals surface area contributed by atoms with Crippen molar-refractivity contribution in [2.75, 3.05) is 0 Å². The number of carbonyl (C=O) groups excluding carboxylic acids is 1. The van der Waals surface area contributed by atoms with E-state index in [1.807, 2.05) is 0 Å². The molecule has 1 aromatic rings. The monoisotopic (exact) mass is 312 g/mol. The van der Waals surface area contributed by atoms with Gasteiger partial charge in [-0.15, -0.1) is 0 Å². The highest BCUT2D eigenvalue weighted by atomic mass is 79.9. The fourth-order valence-electron chi connectivity index (χ4n) is 2.21. The molecule has 1 aliphatic rings. The summed E-state index contributed by atoms with van der Waals surface area (Å²) in [6, 6.07) is 1.64. The van der Waals surface area contributed by atoms with Crippen molar-refractivity contribution in [3.8, 4) is 0 Å². The van der Waals surface area contributed by atoms with Gasteiger partial charge < -0.3 is 10.3 Å². The first-order valence-electron chi connectivity index (χ1n) is 6.20. The van der Waals surface area contributed by atoms with Crippen molar-refractivity contribution >= 4 is 21.8 Å². The molecule has 1 aromatic heterocycles. The largest absolute Gasteiger partial charge is 0.364 e. The minimum absolute atomic E-state index is 0.187. The first kappa shape index (κ1) is 13.3. The van der Waals surface area contributed by atoms with Gasteiger partial charge in [-0.1, -0.05) is 15.9 Å². The lowest BCUT2D eigenvalue weighted by Gasteiger charge is -2.25. The number of halogens is 1. The Labute approximate surface area is 114 Å². The van der Waals surface area contributed by atoms with Gasteiger partial charge >= 0.3 is 0 Å². The van der Waals surface area contributed by atoms with Crippen LogP contribution in [-0.2, 0) is 0 Å². The van der Waals surface area contributed by atoms with Crippen LogP contribution in [0.4, 0.5) is 0 Å². The number of alkyl halides is 1. The number of pyridine rings is 1. The zero-order chi connectivity index (χ0) is 13.1. The zero-order valence-corrected chi connectivity index (χ0v) is 11.9. The van der Waals surface area contributed by atoms with Gasteiger partial charge in [0, 0.05) is 28.8 Å². The summed E-state index contributed by atoms with van der Waals surface area (Å²) in [6.07, 6.45) is 5.55. The molecule has 0 spiro atoms. The highest BCUT2D eigenvalue weighted by Crippen LogP contribution is 2.24. The molecule has 0 saturated heterocycles. The SMILES string of the molecule is Cc1cc(=O)c(C(=O)NC2CCC(Br)CC2)c[nH]1. The van der Waals surface area contributed by atoms with Crippen LogP contribution >= 0.6 is 15.9 Å². The van der Waals surface area contributed by atoms with Gasteiger partial charge in [0.15, 0.2) is 5.43 Å². The summed E-state index contributed by atoms with van der Waals surface area (Å²) in [4.78, 5) is 27.1. The third-order valence-corrected chi connectivity index (χ3v) is 4.21. The predicted molar refractivity (Wildman–Crippen MR) is 74.2 cm³/mol. The minimum Gasteiger partial charge on any atom is -0.364 e. The van der Waals surface area contributed by atoms with Gasteiger partial charge in [-0.2, -0.15) is 0 Å². The van der Waals surface area contributed by atoms with Crippen LogP contribution < -0.4 is 10.7 Å². The maximum Gasteiger partial charge on any atom is 0.256 e. The summed E-state index contributed by atoms with van der Waals surface area (Å²) in [5.74, 6) is -0.269. The fourth-order valence-corrected chi connectivity index (χ4v) is 2.74. The van der Waals surface area contributed by atoms with E-state index in [9.17, 15) is 9.59 Å². The Morgan fingerprint density at radius 2 is 2.06 bits per heavy atom. The number of aryl methyl sites for hydroxylation is 1. The maximum atomic E-state index is 12.0. The summed E-state index contributed by atoms with van der Waals surface area (Å²) >= 11 is 3.58. The van der Waals surface area contributed by atoms with Crippen LogP contribution in [0, 0.1) is 6.92 Å². The van der Waals surface area contributed by atoms with E-state index >= 15 is 0 Å². The molecule has 1 heterocycles. The number of hydrogen-bond acceptors (Lipinski definition) is 2. The fraction of sp³-hybridized carbons (Fsp3) is 0.538. The van der Waals surface area contributed by atoms with Crippen LogP contribution in [0.3, 0.4) is 0 Å². The number of carbonyl (C=O) groups is 1. The van der Waals surface area contributed by atoms with Crippen LogP contribution in [0.2, 0.25) is 0 Å². The highest BCUT2D eigenvalue weighted by Gasteiger charge is 2.21. The van der Waals surface area contributed by atoms with Crippen LogP contribution in [-0.4, -0.2) is 21.8 Å². The lowest BCUT2D eigenvalue weighted by atomic mass is 9.95. The van der Waals surface area contributed by atoms with Gasteiger partial charge in [0.1, 0.15) is 5.56 Å². The Hall–Kier alpha value is -1.10. The second-order valence-electron chi connectivity index (χ2n) is 4.82. The Kier molecular flexibility index (Phi) is 4.22. The lowest BCUT2D eigenvalue weighted by molar-refractivity contribution is 0.0927. The third kappa shape index (κ3) is 3.22. The average Bonchev–Trinajstić information content (AvgIpc) is 2.32. The number of aromatic amines is 1. The molecule has 18 heavy (non-hydrogen) atoms. The molecule has 1 aliphatic carbocycles. The molecule has 2 rings (SSSR count). The summed E-state index contributed by atoms with van der Waals surface area (Å²) in [5, 5.41) is 2.94. The van der Waals surface area contributed by atoms with E-state index in [0.717, 1.165) is 31.4 Å². The second kappa shape index (κ2) is 5.69. The van der Waals surface area contributed by atoms with Crippen molar-refractivity contribution < 1.29 is 4.79 Å². The van der Waals surface area contributed by atoms with Crippen molar-refractivity contribution in [1.29, 1.82) is 0 Å². The van der Waals surface area contributed by atoms with Crippen LogP contribution in [0.5, 0.6) is 0 Å². The summed E-state index contributed by atoms with van der Waals surface area (Å²) < 4.78 is 0. The first-order chi connectivity index (χ1) is 8.56. The van der Waals surface area contributed by atoms with Gasteiger partial charge in [-0.25, -0.2) is 0 Å². The van der Waals surface area contributed by atoms with Gasteiger partial charge in [0.05, 0.1) is 0 Å². The Bertz CT molecular complexity index is 490. The average molecular weight is 313 g/mol. The van der Waals surface area contributed by atoms with Crippen LogP contribution in [0.25, 0.3) is 0 Å². The smallest absolute Gasteiger partial charge is 0.256 e. The number of H-pyrrole nitrogens is 1. The molecule has 2 N–H and O–H groups in total. The third-order valence-electron chi connectivity index (χ3n) is 3.29. The molecule has 1 saturated carbocycles. The van der Waals surface area contributed by atoms with E-state index in [4.69, 9.17) is 0 Å². The summed E-state index contributed by atoms with van der Waals surface area (Å²) in [5.41, 5.74) is 0.732. The molecule has 5 heteroatoms. The van der Waals surface area contributed by atoms with E-state index < -0.39 is 0 Å². The number of amides is 1. The van der Waals surface area contributed by atoms with Crippen molar-refractivity contribution in [2.45, 2.75) is 43.5 Å². The van der Waals surface area contributed by atoms with E-state index in [1.54, 1.807) is 6.92 Å². The van der Waals surface area contributed by atoms with Gasteiger partial charge in [0.2, 0.25) is 0 Å².